The molecule has 5 unspecified atom stereocenters. The Balaban J connectivity index is 1.87. The minimum atomic E-state index is -0.285. The molecule has 0 aromatic heterocycles. The molecule has 2 saturated carbocycles. The normalized spacial score (nSPS) is 33.0. The fourth-order valence-electron chi connectivity index (χ4n) is 4.16. The van der Waals surface area contributed by atoms with E-state index in [1.165, 1.54) is 57.4 Å². The SMILES string of the molecule is C=CC(=O)OC(CCC1CCCCC1S)CC1CCCCC1S. The molecule has 0 radical (unpaired) electrons. The molecule has 0 N–H and O–H groups in total. The van der Waals surface area contributed by atoms with Crippen molar-refractivity contribution in [2.75, 3.05) is 0 Å². The molecule has 23 heavy (non-hydrogen) atoms. The van der Waals surface area contributed by atoms with Gasteiger partial charge in [0, 0.05) is 16.6 Å². The minimum absolute atomic E-state index is 0.0145. The summed E-state index contributed by atoms with van der Waals surface area (Å²) >= 11 is 9.51. The average Bonchev–Trinajstić information content (AvgIpc) is 2.55. The summed E-state index contributed by atoms with van der Waals surface area (Å²) in [5, 5.41) is 0.979. The zero-order valence-corrected chi connectivity index (χ0v) is 15.9. The predicted molar refractivity (Wildman–Crippen MR) is 103 cm³/mol. The third kappa shape index (κ3) is 6.38. The van der Waals surface area contributed by atoms with Gasteiger partial charge in [-0.3, -0.25) is 0 Å². The first kappa shape index (κ1) is 19.2. The smallest absolute Gasteiger partial charge is 0.330 e. The standard InChI is InChI=1S/C19H32O2S2/c1-2-19(20)21-16(13-15-8-4-6-10-18(15)23)12-11-14-7-3-5-9-17(14)22/h2,14-18,22-23H,1,3-13H2. The van der Waals surface area contributed by atoms with Gasteiger partial charge in [0.25, 0.3) is 0 Å². The number of esters is 1. The van der Waals surface area contributed by atoms with Crippen molar-refractivity contribution in [2.24, 2.45) is 11.8 Å². The van der Waals surface area contributed by atoms with Crippen LogP contribution in [0.15, 0.2) is 12.7 Å². The van der Waals surface area contributed by atoms with E-state index in [9.17, 15) is 4.79 Å². The van der Waals surface area contributed by atoms with Crippen molar-refractivity contribution >= 4 is 31.2 Å². The maximum atomic E-state index is 11.7. The van der Waals surface area contributed by atoms with Gasteiger partial charge in [0.2, 0.25) is 0 Å². The van der Waals surface area contributed by atoms with Crippen molar-refractivity contribution in [2.45, 2.75) is 87.2 Å². The van der Waals surface area contributed by atoms with Gasteiger partial charge in [-0.2, -0.15) is 25.3 Å². The van der Waals surface area contributed by atoms with E-state index >= 15 is 0 Å². The summed E-state index contributed by atoms with van der Waals surface area (Å²) in [6.07, 6.45) is 14.4. The highest BCUT2D eigenvalue weighted by atomic mass is 32.1. The molecule has 2 aliphatic rings. The Morgan fingerprint density at radius 1 is 1.04 bits per heavy atom. The van der Waals surface area contributed by atoms with Crippen molar-refractivity contribution < 1.29 is 9.53 Å². The molecule has 2 rings (SSSR count). The van der Waals surface area contributed by atoms with E-state index in [1.807, 2.05) is 0 Å². The van der Waals surface area contributed by atoms with Crippen molar-refractivity contribution in [1.29, 1.82) is 0 Å². The molecule has 4 heteroatoms. The van der Waals surface area contributed by atoms with Crippen LogP contribution in [0, 0.1) is 11.8 Å². The van der Waals surface area contributed by atoms with Gasteiger partial charge in [-0.25, -0.2) is 4.79 Å². The monoisotopic (exact) mass is 356 g/mol. The maximum absolute atomic E-state index is 11.7. The molecular formula is C19H32O2S2. The summed E-state index contributed by atoms with van der Waals surface area (Å²) in [5.41, 5.74) is 0. The number of thiol groups is 2. The molecule has 0 bridgehead atoms. The molecule has 0 aromatic rings. The molecule has 5 atom stereocenters. The Morgan fingerprint density at radius 2 is 1.61 bits per heavy atom. The lowest BCUT2D eigenvalue weighted by atomic mass is 9.81. The van der Waals surface area contributed by atoms with Gasteiger partial charge in [0.1, 0.15) is 6.10 Å². The summed E-state index contributed by atoms with van der Waals surface area (Å²) < 4.78 is 5.66. The van der Waals surface area contributed by atoms with Gasteiger partial charge >= 0.3 is 5.97 Å². The molecule has 0 amide bonds. The lowest BCUT2D eigenvalue weighted by molar-refractivity contribution is -0.144. The highest BCUT2D eigenvalue weighted by Crippen LogP contribution is 2.35. The summed E-state index contributed by atoms with van der Waals surface area (Å²) in [4.78, 5) is 11.7. The van der Waals surface area contributed by atoms with Gasteiger partial charge in [0.05, 0.1) is 0 Å². The lowest BCUT2D eigenvalue weighted by Gasteiger charge is -2.33. The van der Waals surface area contributed by atoms with E-state index in [2.05, 4.69) is 6.58 Å². The van der Waals surface area contributed by atoms with Crippen LogP contribution in [-0.2, 0) is 9.53 Å². The van der Waals surface area contributed by atoms with Crippen LogP contribution in [0.1, 0.15) is 70.6 Å². The fourth-order valence-corrected chi connectivity index (χ4v) is 5.10. The van der Waals surface area contributed by atoms with Crippen LogP contribution in [0.5, 0.6) is 0 Å². The van der Waals surface area contributed by atoms with E-state index < -0.39 is 0 Å². The molecule has 0 saturated heterocycles. The van der Waals surface area contributed by atoms with Gasteiger partial charge < -0.3 is 4.74 Å². The van der Waals surface area contributed by atoms with Crippen molar-refractivity contribution in [3.8, 4) is 0 Å². The first-order chi connectivity index (χ1) is 11.1. The third-order valence-electron chi connectivity index (χ3n) is 5.61. The van der Waals surface area contributed by atoms with Crippen LogP contribution in [-0.4, -0.2) is 22.6 Å². The Morgan fingerprint density at radius 3 is 2.17 bits per heavy atom. The quantitative estimate of drug-likeness (QED) is 0.371. The highest BCUT2D eigenvalue weighted by molar-refractivity contribution is 7.81. The topological polar surface area (TPSA) is 26.3 Å². The molecule has 0 aromatic carbocycles. The minimum Gasteiger partial charge on any atom is -0.459 e. The van der Waals surface area contributed by atoms with Gasteiger partial charge in [0.15, 0.2) is 0 Å². The first-order valence-electron chi connectivity index (χ1n) is 9.29. The summed E-state index contributed by atoms with van der Waals surface area (Å²) in [5.74, 6) is 0.968. The number of carbonyl (C=O) groups excluding carboxylic acids is 1. The number of hydrogen-bond acceptors (Lipinski definition) is 4. The Labute approximate surface area is 152 Å². The van der Waals surface area contributed by atoms with E-state index in [0.717, 1.165) is 19.3 Å². The van der Waals surface area contributed by atoms with Crippen molar-refractivity contribution in [3.05, 3.63) is 12.7 Å². The van der Waals surface area contributed by atoms with Crippen molar-refractivity contribution in [3.63, 3.8) is 0 Å². The highest BCUT2D eigenvalue weighted by Gasteiger charge is 2.28. The zero-order chi connectivity index (χ0) is 16.7. The number of ether oxygens (including phenoxy) is 1. The predicted octanol–water partition coefficient (Wildman–Crippen LogP) is 5.23. The second-order valence-corrected chi connectivity index (χ2v) is 8.63. The lowest BCUT2D eigenvalue weighted by Crippen LogP contribution is -2.29. The summed E-state index contributed by atoms with van der Waals surface area (Å²) in [6.45, 7) is 3.54. The van der Waals surface area contributed by atoms with Crippen LogP contribution in [0.2, 0.25) is 0 Å². The van der Waals surface area contributed by atoms with E-state index in [0.29, 0.717) is 22.3 Å². The van der Waals surface area contributed by atoms with Crippen LogP contribution in [0.4, 0.5) is 0 Å². The Kier molecular flexibility index (Phi) is 8.39. The molecule has 0 aliphatic heterocycles. The number of hydrogen-bond donors (Lipinski definition) is 2. The molecule has 132 valence electrons. The molecular weight excluding hydrogens is 324 g/mol. The second kappa shape index (κ2) is 10.0. The number of carbonyl (C=O) groups is 1. The molecule has 2 aliphatic carbocycles. The second-order valence-electron chi connectivity index (χ2n) is 7.30. The molecule has 2 nitrogen and oxygen atoms in total. The maximum Gasteiger partial charge on any atom is 0.330 e. The fraction of sp³-hybridized carbons (Fsp3) is 0.842. The first-order valence-corrected chi connectivity index (χ1v) is 10.3. The van der Waals surface area contributed by atoms with Crippen molar-refractivity contribution in [1.82, 2.24) is 0 Å². The van der Waals surface area contributed by atoms with E-state index in [1.54, 1.807) is 0 Å². The van der Waals surface area contributed by atoms with E-state index in [-0.39, 0.29) is 12.1 Å². The zero-order valence-electron chi connectivity index (χ0n) is 14.2. The van der Waals surface area contributed by atoms with Crippen LogP contribution in [0.25, 0.3) is 0 Å². The van der Waals surface area contributed by atoms with Gasteiger partial charge in [-0.1, -0.05) is 32.3 Å². The molecule has 0 heterocycles. The van der Waals surface area contributed by atoms with E-state index in [4.69, 9.17) is 30.0 Å². The average molecular weight is 357 g/mol. The summed E-state index contributed by atoms with van der Waals surface area (Å²) in [6, 6.07) is 0. The van der Waals surface area contributed by atoms with Crippen LogP contribution in [0.3, 0.4) is 0 Å². The van der Waals surface area contributed by atoms with Crippen LogP contribution < -0.4 is 0 Å². The number of rotatable bonds is 7. The molecule has 2 fully saturated rings. The summed E-state index contributed by atoms with van der Waals surface area (Å²) in [7, 11) is 0. The molecule has 0 spiro atoms. The Bertz CT molecular complexity index is 386. The Hall–Kier alpha value is -0.0900. The van der Waals surface area contributed by atoms with Crippen LogP contribution >= 0.6 is 25.3 Å². The van der Waals surface area contributed by atoms with Gasteiger partial charge in [-0.15, -0.1) is 0 Å². The van der Waals surface area contributed by atoms with Gasteiger partial charge in [-0.05, 0) is 56.8 Å². The largest absolute Gasteiger partial charge is 0.459 e. The third-order valence-corrected chi connectivity index (χ3v) is 6.97.